The average Bonchev–Trinajstić information content (AvgIpc) is 2.91. The molecule has 4 nitrogen and oxygen atoms in total. The van der Waals surface area contributed by atoms with Gasteiger partial charge in [-0.25, -0.2) is 9.97 Å². The van der Waals surface area contributed by atoms with Gasteiger partial charge in [-0.15, -0.1) is 0 Å². The van der Waals surface area contributed by atoms with Crippen LogP contribution in [-0.2, 0) is 0 Å². The molecule has 1 aromatic rings. The molecule has 0 radical (unpaired) electrons. The van der Waals surface area contributed by atoms with Crippen LogP contribution >= 0.6 is 0 Å². The zero-order chi connectivity index (χ0) is 11.8. The van der Waals surface area contributed by atoms with Crippen LogP contribution in [0.3, 0.4) is 0 Å². The highest BCUT2D eigenvalue weighted by Gasteiger charge is 2.39. The van der Waals surface area contributed by atoms with Gasteiger partial charge in [-0.3, -0.25) is 0 Å². The Hall–Kier alpha value is -1.32. The lowest BCUT2D eigenvalue weighted by Crippen LogP contribution is -2.29. The van der Waals surface area contributed by atoms with Gasteiger partial charge in [-0.1, -0.05) is 6.42 Å². The van der Waals surface area contributed by atoms with Gasteiger partial charge in [0.05, 0.1) is 0 Å². The third-order valence-electron chi connectivity index (χ3n) is 4.46. The molecule has 4 heteroatoms. The van der Waals surface area contributed by atoms with Crippen molar-refractivity contribution in [2.45, 2.75) is 25.7 Å². The van der Waals surface area contributed by atoms with Gasteiger partial charge in [0.25, 0.3) is 0 Å². The largest absolute Gasteiger partial charge is 0.381 e. The zero-order valence-corrected chi connectivity index (χ0v) is 10.3. The van der Waals surface area contributed by atoms with E-state index in [2.05, 4.69) is 21.9 Å². The number of nitrogen functional groups attached to an aromatic ring is 1. The Morgan fingerprint density at radius 2 is 2.12 bits per heavy atom. The van der Waals surface area contributed by atoms with Crippen LogP contribution in [0.25, 0.3) is 0 Å². The van der Waals surface area contributed by atoms with Crippen molar-refractivity contribution in [1.29, 1.82) is 0 Å². The molecule has 2 fully saturated rings. The van der Waals surface area contributed by atoms with Crippen LogP contribution in [0, 0.1) is 17.8 Å². The first-order valence-corrected chi connectivity index (χ1v) is 6.51. The predicted octanol–water partition coefficient (Wildman–Crippen LogP) is 1.93. The molecule has 0 aromatic carbocycles. The van der Waals surface area contributed by atoms with Crippen molar-refractivity contribution < 1.29 is 0 Å². The lowest BCUT2D eigenvalue weighted by atomic mass is 9.88. The first-order valence-electron chi connectivity index (χ1n) is 6.51. The maximum Gasteiger partial charge on any atom is 0.171 e. The Morgan fingerprint density at radius 1 is 1.29 bits per heavy atom. The molecule has 3 unspecified atom stereocenters. The maximum atomic E-state index is 5.86. The molecule has 2 aliphatic carbocycles. The summed E-state index contributed by atoms with van der Waals surface area (Å²) in [6.45, 7) is 1.07. The molecule has 1 aromatic heterocycles. The molecule has 0 aliphatic heterocycles. The van der Waals surface area contributed by atoms with E-state index in [0.717, 1.165) is 30.1 Å². The highest BCUT2D eigenvalue weighted by molar-refractivity contribution is 5.56. The molecular weight excluding hydrogens is 212 g/mol. The molecule has 3 rings (SSSR count). The van der Waals surface area contributed by atoms with Crippen molar-refractivity contribution >= 4 is 11.6 Å². The van der Waals surface area contributed by atoms with Crippen LogP contribution in [0.15, 0.2) is 12.4 Å². The van der Waals surface area contributed by atoms with Crippen LogP contribution in [0.5, 0.6) is 0 Å². The second-order valence-corrected chi connectivity index (χ2v) is 5.58. The monoisotopic (exact) mass is 232 g/mol. The summed E-state index contributed by atoms with van der Waals surface area (Å²) in [5.74, 6) is 4.14. The fourth-order valence-corrected chi connectivity index (χ4v) is 3.67. The summed E-state index contributed by atoms with van der Waals surface area (Å²) in [7, 11) is 2.08. The summed E-state index contributed by atoms with van der Waals surface area (Å²) in [4.78, 5) is 10.6. The number of aromatic nitrogens is 2. The average molecular weight is 232 g/mol. The van der Waals surface area contributed by atoms with Crippen molar-refractivity contribution in [3.05, 3.63) is 12.4 Å². The smallest absolute Gasteiger partial charge is 0.171 e. The van der Waals surface area contributed by atoms with Gasteiger partial charge in [0.15, 0.2) is 11.6 Å². The second kappa shape index (κ2) is 4.17. The minimum absolute atomic E-state index is 0.540. The van der Waals surface area contributed by atoms with Crippen LogP contribution in [0.1, 0.15) is 25.7 Å². The maximum absolute atomic E-state index is 5.86. The SMILES string of the molecule is CN(CC1CC2CCC1C2)c1nccnc1N. The van der Waals surface area contributed by atoms with Crippen molar-refractivity contribution in [1.82, 2.24) is 9.97 Å². The van der Waals surface area contributed by atoms with Crippen molar-refractivity contribution in [2.24, 2.45) is 17.8 Å². The number of nitrogens with two attached hydrogens (primary N) is 1. The minimum atomic E-state index is 0.540. The van der Waals surface area contributed by atoms with Gasteiger partial charge < -0.3 is 10.6 Å². The molecule has 2 bridgehead atoms. The van der Waals surface area contributed by atoms with E-state index in [1.54, 1.807) is 12.4 Å². The number of hydrogen-bond acceptors (Lipinski definition) is 4. The third kappa shape index (κ3) is 1.96. The highest BCUT2D eigenvalue weighted by Crippen LogP contribution is 2.48. The summed E-state index contributed by atoms with van der Waals surface area (Å²) in [6.07, 6.45) is 9.09. The van der Waals surface area contributed by atoms with E-state index in [9.17, 15) is 0 Å². The minimum Gasteiger partial charge on any atom is -0.381 e. The van der Waals surface area contributed by atoms with E-state index in [1.807, 2.05) is 0 Å². The fourth-order valence-electron chi connectivity index (χ4n) is 3.67. The van der Waals surface area contributed by atoms with Gasteiger partial charge in [0, 0.05) is 26.0 Å². The zero-order valence-electron chi connectivity index (χ0n) is 10.3. The molecule has 0 spiro atoms. The summed E-state index contributed by atoms with van der Waals surface area (Å²) in [5, 5.41) is 0. The summed E-state index contributed by atoms with van der Waals surface area (Å²) in [5.41, 5.74) is 5.86. The van der Waals surface area contributed by atoms with Crippen molar-refractivity contribution in [2.75, 3.05) is 24.2 Å². The molecule has 17 heavy (non-hydrogen) atoms. The standard InChI is InChI=1S/C13H20N4/c1-17(13-12(14)15-4-5-16-13)8-11-7-9-2-3-10(11)6-9/h4-5,9-11H,2-3,6-8H2,1H3,(H2,14,15). The van der Waals surface area contributed by atoms with Gasteiger partial charge in [-0.05, 0) is 37.0 Å². The van der Waals surface area contributed by atoms with E-state index in [4.69, 9.17) is 5.73 Å². The number of nitrogens with zero attached hydrogens (tertiary/aromatic N) is 3. The van der Waals surface area contributed by atoms with Gasteiger partial charge in [-0.2, -0.15) is 0 Å². The quantitative estimate of drug-likeness (QED) is 0.865. The number of anilines is 2. The molecule has 2 aliphatic rings. The highest BCUT2D eigenvalue weighted by atomic mass is 15.2. The summed E-state index contributed by atoms with van der Waals surface area (Å²) < 4.78 is 0. The number of fused-ring (bicyclic) bond motifs is 2. The number of rotatable bonds is 3. The number of hydrogen-bond donors (Lipinski definition) is 1. The van der Waals surface area contributed by atoms with Crippen LogP contribution in [0.4, 0.5) is 11.6 Å². The van der Waals surface area contributed by atoms with E-state index in [1.165, 1.54) is 25.7 Å². The lowest BCUT2D eigenvalue weighted by molar-refractivity contribution is 0.337. The first-order chi connectivity index (χ1) is 8.24. The fraction of sp³-hybridized carbons (Fsp3) is 0.692. The van der Waals surface area contributed by atoms with Crippen LogP contribution < -0.4 is 10.6 Å². The van der Waals surface area contributed by atoms with E-state index < -0.39 is 0 Å². The van der Waals surface area contributed by atoms with E-state index in [-0.39, 0.29) is 0 Å². The lowest BCUT2D eigenvalue weighted by Gasteiger charge is -2.28. The Labute approximate surface area is 102 Å². The predicted molar refractivity (Wildman–Crippen MR) is 68.7 cm³/mol. The third-order valence-corrected chi connectivity index (χ3v) is 4.46. The molecular formula is C13H20N4. The van der Waals surface area contributed by atoms with Gasteiger partial charge in [0.2, 0.25) is 0 Å². The normalized spacial score (nSPS) is 30.8. The Morgan fingerprint density at radius 3 is 2.76 bits per heavy atom. The van der Waals surface area contributed by atoms with Gasteiger partial charge >= 0.3 is 0 Å². The summed E-state index contributed by atoms with van der Waals surface area (Å²) in [6, 6.07) is 0. The molecule has 2 saturated carbocycles. The molecule has 1 heterocycles. The molecule has 3 atom stereocenters. The van der Waals surface area contributed by atoms with Crippen molar-refractivity contribution in [3.8, 4) is 0 Å². The molecule has 0 saturated heterocycles. The topological polar surface area (TPSA) is 55.0 Å². The first kappa shape index (κ1) is 10.8. The molecule has 0 amide bonds. The van der Waals surface area contributed by atoms with Crippen LogP contribution in [-0.4, -0.2) is 23.6 Å². The van der Waals surface area contributed by atoms with Gasteiger partial charge in [0.1, 0.15) is 0 Å². The van der Waals surface area contributed by atoms with Crippen molar-refractivity contribution in [3.63, 3.8) is 0 Å². The Balaban J connectivity index is 1.68. The van der Waals surface area contributed by atoms with E-state index in [0.29, 0.717) is 5.82 Å². The van der Waals surface area contributed by atoms with Crippen LogP contribution in [0.2, 0.25) is 0 Å². The Bertz CT molecular complexity index is 406. The second-order valence-electron chi connectivity index (χ2n) is 5.58. The Kier molecular flexibility index (Phi) is 2.65. The molecule has 2 N–H and O–H groups in total. The summed E-state index contributed by atoms with van der Waals surface area (Å²) >= 11 is 0. The molecule has 92 valence electrons. The van der Waals surface area contributed by atoms with E-state index >= 15 is 0 Å².